The standard InChI is InChI=1S/C11H10Br2N2OS/c1-6-11(13)8(15(2)14-6)4-9(16)10-3-7(12)5-17-10/h3,5H,4H2,1-2H3. The number of aromatic nitrogens is 2. The molecule has 0 bridgehead atoms. The van der Waals surface area contributed by atoms with Gasteiger partial charge in [0.25, 0.3) is 0 Å². The Morgan fingerprint density at radius 2 is 2.24 bits per heavy atom. The summed E-state index contributed by atoms with van der Waals surface area (Å²) in [7, 11) is 1.85. The van der Waals surface area contributed by atoms with Gasteiger partial charge in [-0.3, -0.25) is 9.48 Å². The van der Waals surface area contributed by atoms with E-state index in [2.05, 4.69) is 37.0 Å². The van der Waals surface area contributed by atoms with E-state index < -0.39 is 0 Å². The van der Waals surface area contributed by atoms with Gasteiger partial charge in [-0.25, -0.2) is 0 Å². The van der Waals surface area contributed by atoms with E-state index in [-0.39, 0.29) is 5.78 Å². The fourth-order valence-electron chi connectivity index (χ4n) is 1.57. The second-order valence-electron chi connectivity index (χ2n) is 3.70. The van der Waals surface area contributed by atoms with Crippen LogP contribution in [-0.2, 0) is 13.5 Å². The largest absolute Gasteiger partial charge is 0.293 e. The lowest BCUT2D eigenvalue weighted by Gasteiger charge is -2.00. The average molecular weight is 378 g/mol. The molecule has 0 aliphatic rings. The molecule has 2 aromatic rings. The predicted octanol–water partition coefficient (Wildman–Crippen LogP) is 3.74. The molecule has 3 nitrogen and oxygen atoms in total. The minimum atomic E-state index is 0.115. The maximum atomic E-state index is 12.1. The van der Waals surface area contributed by atoms with Gasteiger partial charge in [-0.1, -0.05) is 0 Å². The monoisotopic (exact) mass is 376 g/mol. The first-order chi connectivity index (χ1) is 7.99. The number of carbonyl (C=O) groups is 1. The summed E-state index contributed by atoms with van der Waals surface area (Å²) in [5.41, 5.74) is 1.82. The predicted molar refractivity (Wildman–Crippen MR) is 75.7 cm³/mol. The lowest BCUT2D eigenvalue weighted by molar-refractivity contribution is 0.0994. The van der Waals surface area contributed by atoms with E-state index in [1.165, 1.54) is 11.3 Å². The Morgan fingerprint density at radius 1 is 1.53 bits per heavy atom. The number of rotatable bonds is 3. The number of aryl methyl sites for hydroxylation is 2. The van der Waals surface area contributed by atoms with E-state index in [1.54, 1.807) is 4.68 Å². The molecule has 0 fully saturated rings. The molecule has 0 saturated heterocycles. The van der Waals surface area contributed by atoms with Crippen molar-refractivity contribution < 1.29 is 4.79 Å². The SMILES string of the molecule is Cc1nn(C)c(CC(=O)c2cc(Br)cs2)c1Br. The second kappa shape index (κ2) is 5.04. The summed E-state index contributed by atoms with van der Waals surface area (Å²) in [6.07, 6.45) is 0.366. The minimum Gasteiger partial charge on any atom is -0.293 e. The molecule has 0 unspecified atom stereocenters. The fourth-order valence-corrected chi connectivity index (χ4v) is 3.41. The van der Waals surface area contributed by atoms with Gasteiger partial charge in [0.15, 0.2) is 5.78 Å². The highest BCUT2D eigenvalue weighted by Crippen LogP contribution is 2.25. The summed E-state index contributed by atoms with van der Waals surface area (Å²) in [6, 6.07) is 1.85. The zero-order valence-corrected chi connectivity index (χ0v) is 13.3. The van der Waals surface area contributed by atoms with Crippen LogP contribution in [-0.4, -0.2) is 15.6 Å². The summed E-state index contributed by atoms with van der Waals surface area (Å²) >= 11 is 8.27. The topological polar surface area (TPSA) is 34.9 Å². The molecule has 2 aromatic heterocycles. The Morgan fingerprint density at radius 3 is 2.71 bits per heavy atom. The Hall–Kier alpha value is -0.460. The van der Waals surface area contributed by atoms with E-state index in [0.29, 0.717) is 6.42 Å². The van der Waals surface area contributed by atoms with Crippen LogP contribution in [0.2, 0.25) is 0 Å². The number of hydrogen-bond acceptors (Lipinski definition) is 3. The molecule has 0 atom stereocenters. The van der Waals surface area contributed by atoms with Gasteiger partial charge in [0.05, 0.1) is 27.2 Å². The van der Waals surface area contributed by atoms with Crippen molar-refractivity contribution in [2.75, 3.05) is 0 Å². The summed E-state index contributed by atoms with van der Waals surface area (Å²) in [5, 5.41) is 6.19. The molecule has 17 heavy (non-hydrogen) atoms. The highest BCUT2D eigenvalue weighted by atomic mass is 79.9. The number of Topliss-reactive ketones (excluding diaryl/α,β-unsaturated/α-hetero) is 1. The summed E-state index contributed by atoms with van der Waals surface area (Å²) in [6.45, 7) is 1.92. The number of halogens is 2. The molecule has 0 aliphatic carbocycles. The zero-order chi connectivity index (χ0) is 12.6. The Kier molecular flexibility index (Phi) is 3.85. The molecule has 0 aromatic carbocycles. The maximum absolute atomic E-state index is 12.1. The molecule has 0 amide bonds. The van der Waals surface area contributed by atoms with Crippen molar-refractivity contribution in [1.29, 1.82) is 0 Å². The van der Waals surface area contributed by atoms with Crippen molar-refractivity contribution >= 4 is 49.0 Å². The molecule has 0 spiro atoms. The quantitative estimate of drug-likeness (QED) is 0.763. The maximum Gasteiger partial charge on any atom is 0.178 e. The van der Waals surface area contributed by atoms with Crippen LogP contribution in [0.5, 0.6) is 0 Å². The lowest BCUT2D eigenvalue weighted by Crippen LogP contribution is -2.07. The van der Waals surface area contributed by atoms with Crippen molar-refractivity contribution in [3.05, 3.63) is 36.7 Å². The Labute approximate surface area is 120 Å². The molecule has 90 valence electrons. The molecule has 0 radical (unpaired) electrons. The zero-order valence-electron chi connectivity index (χ0n) is 9.33. The first kappa shape index (κ1) is 13.0. The van der Waals surface area contributed by atoms with Crippen molar-refractivity contribution in [2.45, 2.75) is 13.3 Å². The summed E-state index contributed by atoms with van der Waals surface area (Å²) in [5.74, 6) is 0.115. The van der Waals surface area contributed by atoms with Gasteiger partial charge in [0, 0.05) is 16.9 Å². The van der Waals surface area contributed by atoms with E-state index in [4.69, 9.17) is 0 Å². The van der Waals surface area contributed by atoms with Gasteiger partial charge >= 0.3 is 0 Å². The van der Waals surface area contributed by atoms with Gasteiger partial charge in [-0.2, -0.15) is 5.10 Å². The van der Waals surface area contributed by atoms with Crippen LogP contribution in [0, 0.1) is 6.92 Å². The van der Waals surface area contributed by atoms with Crippen LogP contribution in [0.4, 0.5) is 0 Å². The third-order valence-electron chi connectivity index (χ3n) is 2.43. The number of thiophene rings is 1. The van der Waals surface area contributed by atoms with Crippen molar-refractivity contribution in [1.82, 2.24) is 9.78 Å². The van der Waals surface area contributed by atoms with Crippen LogP contribution in [0.3, 0.4) is 0 Å². The summed E-state index contributed by atoms with van der Waals surface area (Å²) in [4.78, 5) is 12.8. The van der Waals surface area contributed by atoms with E-state index in [9.17, 15) is 4.79 Å². The molecule has 6 heteroatoms. The van der Waals surface area contributed by atoms with Crippen molar-refractivity contribution in [3.8, 4) is 0 Å². The van der Waals surface area contributed by atoms with Gasteiger partial charge in [0.2, 0.25) is 0 Å². The van der Waals surface area contributed by atoms with Gasteiger partial charge in [-0.05, 0) is 44.8 Å². The third-order valence-corrected chi connectivity index (χ3v) is 5.20. The molecular formula is C11H10Br2N2OS. The minimum absolute atomic E-state index is 0.115. The number of nitrogens with zero attached hydrogens (tertiary/aromatic N) is 2. The number of hydrogen-bond donors (Lipinski definition) is 0. The Balaban J connectivity index is 2.24. The van der Waals surface area contributed by atoms with Crippen LogP contribution < -0.4 is 0 Å². The average Bonchev–Trinajstić information content (AvgIpc) is 2.79. The summed E-state index contributed by atoms with van der Waals surface area (Å²) < 4.78 is 3.62. The van der Waals surface area contributed by atoms with Crippen molar-refractivity contribution in [2.24, 2.45) is 7.05 Å². The number of carbonyl (C=O) groups excluding carboxylic acids is 1. The highest BCUT2D eigenvalue weighted by molar-refractivity contribution is 9.10. The van der Waals surface area contributed by atoms with Crippen LogP contribution in [0.15, 0.2) is 20.4 Å². The van der Waals surface area contributed by atoms with Crippen LogP contribution in [0.1, 0.15) is 21.1 Å². The highest BCUT2D eigenvalue weighted by Gasteiger charge is 2.16. The molecule has 0 N–H and O–H groups in total. The normalized spacial score (nSPS) is 10.8. The molecule has 0 saturated carbocycles. The first-order valence-corrected chi connectivity index (χ1v) is 7.41. The van der Waals surface area contributed by atoms with Crippen LogP contribution in [0.25, 0.3) is 0 Å². The van der Waals surface area contributed by atoms with Crippen LogP contribution >= 0.6 is 43.2 Å². The van der Waals surface area contributed by atoms with Gasteiger partial charge in [0.1, 0.15) is 0 Å². The van der Waals surface area contributed by atoms with Gasteiger partial charge in [-0.15, -0.1) is 11.3 Å². The van der Waals surface area contributed by atoms with Gasteiger partial charge < -0.3 is 0 Å². The lowest BCUT2D eigenvalue weighted by atomic mass is 10.2. The van der Waals surface area contributed by atoms with E-state index in [1.807, 2.05) is 25.4 Å². The van der Waals surface area contributed by atoms with E-state index >= 15 is 0 Å². The molecule has 0 aliphatic heterocycles. The third kappa shape index (κ3) is 2.69. The fraction of sp³-hybridized carbons (Fsp3) is 0.273. The smallest absolute Gasteiger partial charge is 0.178 e. The molecule has 2 heterocycles. The number of ketones is 1. The second-order valence-corrected chi connectivity index (χ2v) is 6.32. The molecule has 2 rings (SSSR count). The first-order valence-electron chi connectivity index (χ1n) is 4.94. The Bertz CT molecular complexity index is 574. The van der Waals surface area contributed by atoms with Crippen molar-refractivity contribution in [3.63, 3.8) is 0 Å². The molecular weight excluding hydrogens is 368 g/mol. The van der Waals surface area contributed by atoms with E-state index in [0.717, 1.165) is 25.2 Å².